The molecule has 1 aromatic carbocycles. The number of para-hydroxylation sites is 2. The van der Waals surface area contributed by atoms with Crippen molar-refractivity contribution in [3.8, 4) is 5.75 Å². The lowest BCUT2D eigenvalue weighted by Gasteiger charge is -2.33. The van der Waals surface area contributed by atoms with Crippen LogP contribution in [0.2, 0.25) is 0 Å². The Labute approximate surface area is 107 Å². The molecule has 18 heavy (non-hydrogen) atoms. The minimum atomic E-state index is -0.0232. The molecule has 2 aliphatic heterocycles. The van der Waals surface area contributed by atoms with E-state index in [1.165, 1.54) is 6.42 Å². The molecule has 0 saturated carbocycles. The maximum Gasteiger partial charge on any atom is 0.244 e. The topological polar surface area (TPSA) is 41.6 Å². The van der Waals surface area contributed by atoms with Crippen molar-refractivity contribution in [2.24, 2.45) is 0 Å². The average molecular weight is 246 g/mol. The van der Waals surface area contributed by atoms with Gasteiger partial charge in [-0.3, -0.25) is 4.79 Å². The summed E-state index contributed by atoms with van der Waals surface area (Å²) >= 11 is 0. The van der Waals surface area contributed by atoms with Crippen LogP contribution in [0.3, 0.4) is 0 Å². The third kappa shape index (κ3) is 2.08. The molecule has 0 spiro atoms. The summed E-state index contributed by atoms with van der Waals surface area (Å²) in [5.41, 5.74) is 0.904. The fourth-order valence-electron chi connectivity index (χ4n) is 2.65. The molecule has 1 N–H and O–H groups in total. The summed E-state index contributed by atoms with van der Waals surface area (Å²) in [6, 6.07) is 7.73. The minimum Gasteiger partial charge on any atom is -0.490 e. The van der Waals surface area contributed by atoms with Gasteiger partial charge in [-0.2, -0.15) is 0 Å². The number of anilines is 1. The maximum atomic E-state index is 12.5. The second-order valence-electron chi connectivity index (χ2n) is 4.81. The Morgan fingerprint density at radius 2 is 2.22 bits per heavy atom. The molecular weight excluding hydrogens is 228 g/mol. The van der Waals surface area contributed by atoms with Crippen molar-refractivity contribution in [2.75, 3.05) is 24.6 Å². The number of nitrogens with zero attached hydrogens (tertiary/aromatic N) is 1. The van der Waals surface area contributed by atoms with Crippen LogP contribution in [0.5, 0.6) is 5.75 Å². The summed E-state index contributed by atoms with van der Waals surface area (Å²) in [5, 5.41) is 3.31. The van der Waals surface area contributed by atoms with E-state index in [4.69, 9.17) is 4.74 Å². The fraction of sp³-hybridized carbons (Fsp3) is 0.500. The quantitative estimate of drug-likeness (QED) is 0.817. The van der Waals surface area contributed by atoms with Gasteiger partial charge in [0.05, 0.1) is 18.3 Å². The second-order valence-corrected chi connectivity index (χ2v) is 4.81. The summed E-state index contributed by atoms with van der Waals surface area (Å²) < 4.78 is 5.58. The molecule has 4 heteroatoms. The first-order valence-electron chi connectivity index (χ1n) is 6.63. The zero-order chi connectivity index (χ0) is 12.4. The predicted octanol–water partition coefficient (Wildman–Crippen LogP) is 1.55. The number of benzene rings is 1. The molecule has 0 unspecified atom stereocenters. The smallest absolute Gasteiger partial charge is 0.244 e. The summed E-state index contributed by atoms with van der Waals surface area (Å²) in [7, 11) is 0. The molecule has 0 bridgehead atoms. The lowest BCUT2D eigenvalue weighted by molar-refractivity contribution is -0.121. The van der Waals surface area contributed by atoms with Crippen molar-refractivity contribution >= 4 is 11.6 Å². The Morgan fingerprint density at radius 1 is 1.33 bits per heavy atom. The van der Waals surface area contributed by atoms with Crippen LogP contribution in [0.25, 0.3) is 0 Å². The Kier molecular flexibility index (Phi) is 3.19. The molecule has 2 aliphatic rings. The predicted molar refractivity (Wildman–Crippen MR) is 69.9 cm³/mol. The monoisotopic (exact) mass is 246 g/mol. The lowest BCUT2D eigenvalue weighted by Crippen LogP contribution is -2.50. The zero-order valence-corrected chi connectivity index (χ0v) is 10.4. The molecule has 96 valence electrons. The summed E-state index contributed by atoms with van der Waals surface area (Å²) in [6.07, 6.45) is 3.25. The number of hydrogen-bond acceptors (Lipinski definition) is 3. The van der Waals surface area contributed by atoms with Crippen LogP contribution in [0.4, 0.5) is 5.69 Å². The number of nitrogens with one attached hydrogen (secondary N) is 1. The average Bonchev–Trinajstić information content (AvgIpc) is 2.47. The van der Waals surface area contributed by atoms with Crippen LogP contribution in [0.15, 0.2) is 24.3 Å². The minimum absolute atomic E-state index is 0.0232. The van der Waals surface area contributed by atoms with Crippen molar-refractivity contribution in [2.45, 2.75) is 25.3 Å². The third-order valence-corrected chi connectivity index (χ3v) is 3.60. The van der Waals surface area contributed by atoms with Crippen LogP contribution < -0.4 is 15.0 Å². The van der Waals surface area contributed by atoms with Crippen molar-refractivity contribution in [3.05, 3.63) is 24.3 Å². The SMILES string of the molecule is O=C([C@@H]1CCCCN1)N1CCOc2ccccc21. The number of amides is 1. The number of carbonyl (C=O) groups is 1. The number of fused-ring (bicyclic) bond motifs is 1. The summed E-state index contributed by atoms with van der Waals surface area (Å²) in [6.45, 7) is 2.17. The molecule has 1 fully saturated rings. The van der Waals surface area contributed by atoms with Crippen LogP contribution >= 0.6 is 0 Å². The Balaban J connectivity index is 1.82. The van der Waals surface area contributed by atoms with Gasteiger partial charge in [-0.1, -0.05) is 18.6 Å². The largest absolute Gasteiger partial charge is 0.490 e. The first kappa shape index (κ1) is 11.5. The highest BCUT2D eigenvalue weighted by atomic mass is 16.5. The molecule has 1 saturated heterocycles. The van der Waals surface area contributed by atoms with E-state index in [-0.39, 0.29) is 11.9 Å². The first-order chi connectivity index (χ1) is 8.86. The molecule has 0 aliphatic carbocycles. The molecular formula is C14H18N2O2. The molecule has 0 radical (unpaired) electrons. The van der Waals surface area contributed by atoms with E-state index >= 15 is 0 Å². The zero-order valence-electron chi connectivity index (χ0n) is 10.4. The standard InChI is InChI=1S/C14H18N2O2/c17-14(11-5-3-4-8-15-11)16-9-10-18-13-7-2-1-6-12(13)16/h1-2,6-7,11,15H,3-5,8-10H2/t11-/m0/s1. The van der Waals surface area contributed by atoms with Gasteiger partial charge >= 0.3 is 0 Å². The molecule has 3 rings (SSSR count). The molecule has 2 heterocycles. The number of hydrogen-bond donors (Lipinski definition) is 1. The van der Waals surface area contributed by atoms with Crippen LogP contribution in [0.1, 0.15) is 19.3 Å². The Hall–Kier alpha value is -1.55. The highest BCUT2D eigenvalue weighted by molar-refractivity contribution is 5.98. The van der Waals surface area contributed by atoms with E-state index in [1.807, 2.05) is 29.2 Å². The van der Waals surface area contributed by atoms with E-state index in [9.17, 15) is 4.79 Å². The summed E-state index contributed by atoms with van der Waals surface area (Å²) in [5.74, 6) is 0.998. The van der Waals surface area contributed by atoms with E-state index < -0.39 is 0 Å². The first-order valence-corrected chi connectivity index (χ1v) is 6.63. The molecule has 1 amide bonds. The maximum absolute atomic E-state index is 12.5. The van der Waals surface area contributed by atoms with Gasteiger partial charge < -0.3 is 15.0 Å². The fourth-order valence-corrected chi connectivity index (χ4v) is 2.65. The summed E-state index contributed by atoms with van der Waals surface area (Å²) in [4.78, 5) is 14.4. The van der Waals surface area contributed by atoms with E-state index in [2.05, 4.69) is 5.32 Å². The molecule has 1 atom stereocenters. The van der Waals surface area contributed by atoms with E-state index in [0.29, 0.717) is 13.2 Å². The van der Waals surface area contributed by atoms with Crippen LogP contribution in [0, 0.1) is 0 Å². The number of carbonyl (C=O) groups excluding carboxylic acids is 1. The normalized spacial score (nSPS) is 23.1. The molecule has 1 aromatic rings. The van der Waals surface area contributed by atoms with Crippen molar-refractivity contribution in [3.63, 3.8) is 0 Å². The Bertz CT molecular complexity index is 441. The van der Waals surface area contributed by atoms with Gasteiger partial charge in [0.25, 0.3) is 0 Å². The Morgan fingerprint density at radius 3 is 3.06 bits per heavy atom. The van der Waals surface area contributed by atoms with E-state index in [0.717, 1.165) is 30.8 Å². The highest BCUT2D eigenvalue weighted by Gasteiger charge is 2.29. The van der Waals surface area contributed by atoms with Gasteiger partial charge in [0.1, 0.15) is 12.4 Å². The lowest BCUT2D eigenvalue weighted by atomic mass is 10.0. The number of rotatable bonds is 1. The van der Waals surface area contributed by atoms with Gasteiger partial charge in [0.2, 0.25) is 5.91 Å². The van der Waals surface area contributed by atoms with Gasteiger partial charge in [-0.25, -0.2) is 0 Å². The second kappa shape index (κ2) is 4.98. The van der Waals surface area contributed by atoms with Crippen molar-refractivity contribution in [1.29, 1.82) is 0 Å². The highest BCUT2D eigenvalue weighted by Crippen LogP contribution is 2.31. The van der Waals surface area contributed by atoms with Gasteiger partial charge in [-0.05, 0) is 31.5 Å². The van der Waals surface area contributed by atoms with E-state index in [1.54, 1.807) is 0 Å². The van der Waals surface area contributed by atoms with Gasteiger partial charge in [0, 0.05) is 0 Å². The van der Waals surface area contributed by atoms with Crippen LogP contribution in [-0.4, -0.2) is 31.6 Å². The number of piperidine rings is 1. The molecule has 4 nitrogen and oxygen atoms in total. The van der Waals surface area contributed by atoms with Gasteiger partial charge in [-0.15, -0.1) is 0 Å². The third-order valence-electron chi connectivity index (χ3n) is 3.60. The molecule has 0 aromatic heterocycles. The van der Waals surface area contributed by atoms with Crippen LogP contribution in [-0.2, 0) is 4.79 Å². The van der Waals surface area contributed by atoms with Gasteiger partial charge in [0.15, 0.2) is 0 Å². The van der Waals surface area contributed by atoms with Crippen molar-refractivity contribution in [1.82, 2.24) is 5.32 Å². The van der Waals surface area contributed by atoms with Crippen molar-refractivity contribution < 1.29 is 9.53 Å². The number of ether oxygens (including phenoxy) is 1.